The van der Waals surface area contributed by atoms with E-state index in [-0.39, 0.29) is 5.92 Å². The van der Waals surface area contributed by atoms with Crippen LogP contribution in [-0.2, 0) is 0 Å². The molecule has 0 aromatic carbocycles. The van der Waals surface area contributed by atoms with E-state index in [1.807, 2.05) is 13.8 Å². The quantitative estimate of drug-likeness (QED) is 0.259. The third-order valence-electron chi connectivity index (χ3n) is 23.7. The first-order valence-corrected chi connectivity index (χ1v) is 36.3. The average Bonchev–Trinajstić information content (AvgIpc) is 1.80. The molecule has 0 amide bonds. The molecule has 0 aromatic rings. The molecular weight excluding hydrogens is 961 g/mol. The van der Waals surface area contributed by atoms with E-state index in [2.05, 4.69) is 104 Å². The summed E-state index contributed by atoms with van der Waals surface area (Å²) in [6.45, 7) is 44.4. The first-order chi connectivity index (χ1) is 38.8. The van der Waals surface area contributed by atoms with Gasteiger partial charge in [0.2, 0.25) is 0 Å². The Labute approximate surface area is 515 Å². The fraction of sp³-hybridized carbons (Fsp3) is 1.00. The smallest absolute Gasteiger partial charge is 0.0266 e. The molecule has 80 heavy (non-hydrogen) atoms. The lowest BCUT2D eigenvalue weighted by Crippen LogP contribution is -2.45. The van der Waals surface area contributed by atoms with Gasteiger partial charge in [0, 0.05) is 6.85 Å². The second-order valence-electron chi connectivity index (χ2n) is 38.0. The van der Waals surface area contributed by atoms with E-state index < -0.39 is 18.6 Å². The molecule has 4 spiro atoms. The Kier molecular flexibility index (Phi) is 25.2. The highest BCUT2D eigenvalue weighted by molar-refractivity contribution is 5.01. The highest BCUT2D eigenvalue weighted by Crippen LogP contribution is 2.62. The first-order valence-electron chi connectivity index (χ1n) is 38.8. The molecule has 12 rings (SSSR count). The summed E-state index contributed by atoms with van der Waals surface area (Å²) >= 11 is 0. The molecule has 0 radical (unpaired) electrons. The fourth-order valence-electron chi connectivity index (χ4n) is 19.5. The predicted molar refractivity (Wildman–Crippen MR) is 362 cm³/mol. The highest BCUT2D eigenvalue weighted by atomic mass is 14.6. The molecule has 12 fully saturated rings. The van der Waals surface area contributed by atoms with E-state index in [0.29, 0.717) is 27.1 Å². The van der Waals surface area contributed by atoms with Crippen molar-refractivity contribution in [1.29, 1.82) is 0 Å². The second kappa shape index (κ2) is 31.3. The third-order valence-corrected chi connectivity index (χ3v) is 23.7. The molecule has 0 unspecified atom stereocenters. The van der Waals surface area contributed by atoms with Crippen molar-refractivity contribution in [2.45, 2.75) is 409 Å². The van der Waals surface area contributed by atoms with Crippen molar-refractivity contribution in [1.82, 2.24) is 0 Å². The lowest BCUT2D eigenvalue weighted by molar-refractivity contribution is -0.0545. The third kappa shape index (κ3) is 26.9. The van der Waals surface area contributed by atoms with Crippen LogP contribution in [0.3, 0.4) is 0 Å². The molecule has 474 valence electrons. The van der Waals surface area contributed by atoms with Gasteiger partial charge in [-0.1, -0.05) is 249 Å². The minimum Gasteiger partial charge on any atom is -0.0651 e. The minimum atomic E-state index is -1.81. The zero-order valence-electron chi connectivity index (χ0n) is 64.2. The fourth-order valence-corrected chi connectivity index (χ4v) is 19.5. The van der Waals surface area contributed by atoms with Crippen LogP contribution in [0.1, 0.15) is 416 Å². The lowest BCUT2D eigenvalue weighted by atomic mass is 9.49. The molecular formula is C80H154. The van der Waals surface area contributed by atoms with Crippen LogP contribution >= 0.6 is 0 Å². The van der Waals surface area contributed by atoms with Gasteiger partial charge in [-0.05, 0) is 262 Å². The summed E-state index contributed by atoms with van der Waals surface area (Å²) in [5.74, 6) is 7.63. The van der Waals surface area contributed by atoms with Gasteiger partial charge in [0.05, 0.1) is 0 Å². The van der Waals surface area contributed by atoms with E-state index in [1.165, 1.54) is 161 Å². The first kappa shape index (κ1) is 64.5. The maximum atomic E-state index is 7.05. The number of hydrogen-bond donors (Lipinski definition) is 0. The predicted octanol–water partition coefficient (Wildman–Crippen LogP) is 27.9. The van der Waals surface area contributed by atoms with Crippen molar-refractivity contribution in [3.05, 3.63) is 0 Å². The van der Waals surface area contributed by atoms with Crippen LogP contribution in [0, 0.1) is 101 Å². The van der Waals surface area contributed by atoms with Crippen molar-refractivity contribution in [3.63, 3.8) is 0 Å². The largest absolute Gasteiger partial charge is 0.0651 e. The molecule has 0 aliphatic heterocycles. The molecule has 0 heteroatoms. The summed E-state index contributed by atoms with van der Waals surface area (Å²) < 4.78 is 34.9. The molecule has 12 aliphatic carbocycles. The zero-order chi connectivity index (χ0) is 64.2. The van der Waals surface area contributed by atoms with Gasteiger partial charge in [-0.15, -0.1) is 0 Å². The summed E-state index contributed by atoms with van der Waals surface area (Å²) in [7, 11) is 0. The van der Waals surface area contributed by atoms with Gasteiger partial charge in [-0.2, -0.15) is 0 Å². The molecule has 4 bridgehead atoms. The van der Waals surface area contributed by atoms with Crippen molar-refractivity contribution < 1.29 is 6.85 Å². The molecule has 0 atom stereocenters. The van der Waals surface area contributed by atoms with E-state index in [4.69, 9.17) is 6.85 Å². The van der Waals surface area contributed by atoms with E-state index >= 15 is 0 Å². The van der Waals surface area contributed by atoms with Crippen molar-refractivity contribution >= 4 is 0 Å². The average molecular weight is 1120 g/mol. The van der Waals surface area contributed by atoms with Gasteiger partial charge in [-0.3, -0.25) is 0 Å². The Bertz CT molecular complexity index is 1740. The van der Waals surface area contributed by atoms with Crippen LogP contribution in [-0.4, -0.2) is 0 Å². The van der Waals surface area contributed by atoms with Gasteiger partial charge in [0.25, 0.3) is 0 Å². The molecule has 12 saturated carbocycles. The van der Waals surface area contributed by atoms with Crippen LogP contribution < -0.4 is 0 Å². The maximum Gasteiger partial charge on any atom is 0.0266 e. The molecule has 0 aromatic heterocycles. The van der Waals surface area contributed by atoms with Crippen molar-refractivity contribution in [3.8, 4) is 0 Å². The van der Waals surface area contributed by atoms with Gasteiger partial charge < -0.3 is 0 Å². The molecule has 0 saturated heterocycles. The van der Waals surface area contributed by atoms with Crippen molar-refractivity contribution in [2.24, 2.45) is 101 Å². The molecule has 0 nitrogen and oxygen atoms in total. The highest BCUT2D eigenvalue weighted by Gasteiger charge is 2.50. The Balaban J connectivity index is 0.000000213. The monoisotopic (exact) mass is 1120 g/mol. The van der Waals surface area contributed by atoms with E-state index in [0.717, 1.165) is 63.1 Å². The molecule has 0 N–H and O–H groups in total. The van der Waals surface area contributed by atoms with Crippen LogP contribution in [0.15, 0.2) is 0 Å². The van der Waals surface area contributed by atoms with Crippen molar-refractivity contribution in [2.75, 3.05) is 0 Å². The molecule has 12 aliphatic rings. The summed E-state index contributed by atoms with van der Waals surface area (Å²) in [4.78, 5) is 0. The normalized spacial score (nSPS) is 32.9. The Morgan fingerprint density at radius 3 is 0.912 bits per heavy atom. The topological polar surface area (TPSA) is 0 Å². The van der Waals surface area contributed by atoms with Crippen LogP contribution in [0.25, 0.3) is 0 Å². The van der Waals surface area contributed by atoms with Gasteiger partial charge in [0.1, 0.15) is 0 Å². The minimum absolute atomic E-state index is 0.132. The van der Waals surface area contributed by atoms with Gasteiger partial charge in [-0.25, -0.2) is 0 Å². The molecule has 0 heterocycles. The maximum absolute atomic E-state index is 7.05. The van der Waals surface area contributed by atoms with Crippen LogP contribution in [0.5, 0.6) is 0 Å². The SMILES string of the molecule is CC(C)(C)C.CC1CCC2(CC1)CC(C)(C)CC(C)(C)C2.CC1CCC2(CC1)CCC(C)(C)CC2.CC1CCC2(CCCC2)CC1.CC1CCC2(CCCCC2)CC1.CCC12CC3CC(CC(C3)C1)C2.[2H]C([2H])(C)C(C)C.[2H]C([2H])([2H])C(C)(C)C. The Morgan fingerprint density at radius 2 is 0.650 bits per heavy atom. The van der Waals surface area contributed by atoms with E-state index in [9.17, 15) is 0 Å². The number of hydrogen-bond acceptors (Lipinski definition) is 0. The Hall–Kier alpha value is 0. The lowest BCUT2D eigenvalue weighted by Gasteiger charge is -2.56. The second-order valence-corrected chi connectivity index (χ2v) is 38.0. The standard InChI is InChI=1S/C16H30.C14H26.C12H20.C12H22.C11H20.3C5H12/c1-13-6-8-16(9-7-13)11-14(2,3)10-15(4,5)12-16;1-12-4-6-14(7-5-12)10-8-13(2,3)9-11-14;1-2-12-6-9-3-10(7-12)5-11(4-9)8-12;1-11-5-9-12(10-6-11)7-3-2-4-8-12;1-10-4-8-11(9-5-10)6-2-3-7-11;2*1-5(2,3)4;1-4-5(2)3/h13H,6-12H2,1-5H3;12H,4-11H2,1-3H3;9-11H,2-8H2,1H3;11H,2-10H2,1H3;10H,2-9H2,1H3;2*1-4H3;5H,4H2,1-3H3/i;;;;;1D3;;4D2. The summed E-state index contributed by atoms with van der Waals surface area (Å²) in [6.07, 6.45) is 58.5. The van der Waals surface area contributed by atoms with E-state index in [1.54, 1.807) is 118 Å². The summed E-state index contributed by atoms with van der Waals surface area (Å²) in [6, 6.07) is 0. The van der Waals surface area contributed by atoms with Gasteiger partial charge in [0.15, 0.2) is 0 Å². The summed E-state index contributed by atoms with van der Waals surface area (Å²) in [5, 5.41) is 0. The van der Waals surface area contributed by atoms with Crippen LogP contribution in [0.2, 0.25) is 0 Å². The zero-order valence-corrected chi connectivity index (χ0v) is 59.2. The number of rotatable bonds is 2. The van der Waals surface area contributed by atoms with Crippen LogP contribution in [0.4, 0.5) is 0 Å². The van der Waals surface area contributed by atoms with Gasteiger partial charge >= 0.3 is 0 Å². The summed E-state index contributed by atoms with van der Waals surface area (Å²) in [5.41, 5.74) is 5.76. The Morgan fingerprint density at radius 1 is 0.388 bits per heavy atom.